The van der Waals surface area contributed by atoms with Crippen molar-refractivity contribution in [2.45, 2.75) is 19.5 Å². The highest BCUT2D eigenvalue weighted by Gasteiger charge is 2.38. The Labute approximate surface area is 189 Å². The van der Waals surface area contributed by atoms with E-state index in [1.54, 1.807) is 24.3 Å². The first-order valence-electron chi connectivity index (χ1n) is 9.02. The van der Waals surface area contributed by atoms with Crippen molar-refractivity contribution < 1.29 is 47.3 Å². The number of carbonyl (C=O) groups is 4. The Morgan fingerprint density at radius 2 is 1.62 bits per heavy atom. The van der Waals surface area contributed by atoms with E-state index in [0.29, 0.717) is 36.0 Å². The van der Waals surface area contributed by atoms with Crippen molar-refractivity contribution in [3.05, 3.63) is 29.8 Å². The molecule has 0 radical (unpaired) electrons. The number of benzene rings is 1. The predicted molar refractivity (Wildman–Crippen MR) is 114 cm³/mol. The van der Waals surface area contributed by atoms with Gasteiger partial charge in [-0.25, -0.2) is 4.79 Å². The zero-order valence-corrected chi connectivity index (χ0v) is 18.6. The number of carbonyl (C=O) groups excluding carboxylic acids is 2. The molecule has 32 heavy (non-hydrogen) atoms. The number of para-hydroxylation sites is 1. The third-order valence-electron chi connectivity index (χ3n) is 3.07. The molecule has 0 atom stereocenters. The number of rotatable bonds is 12. The smallest absolute Gasteiger partial charge is 0.490 e. The van der Waals surface area contributed by atoms with Crippen LogP contribution < -0.4 is 15.4 Å². The molecule has 1 aromatic carbocycles. The summed E-state index contributed by atoms with van der Waals surface area (Å²) in [5.41, 5.74) is 0.391. The normalized spacial score (nSPS) is 10.4. The van der Waals surface area contributed by atoms with Crippen LogP contribution in [0, 0.1) is 0 Å². The van der Waals surface area contributed by atoms with Gasteiger partial charge < -0.3 is 25.6 Å². The molecule has 180 valence electrons. The van der Waals surface area contributed by atoms with Crippen molar-refractivity contribution in [3.63, 3.8) is 0 Å². The Hall–Kier alpha value is -2.61. The van der Waals surface area contributed by atoms with E-state index in [9.17, 15) is 27.6 Å². The highest BCUT2D eigenvalue weighted by atomic mass is 33.1. The average Bonchev–Trinajstić information content (AvgIpc) is 2.71. The van der Waals surface area contributed by atoms with Gasteiger partial charge in [0.15, 0.2) is 0 Å². The molecule has 0 saturated carbocycles. The fourth-order valence-corrected chi connectivity index (χ4v) is 3.62. The van der Waals surface area contributed by atoms with Crippen molar-refractivity contribution >= 4 is 45.3 Å². The molecule has 1 aromatic rings. The largest absolute Gasteiger partial charge is 0.493 e. The summed E-state index contributed by atoms with van der Waals surface area (Å²) in [6, 6.07) is 6.86. The maximum atomic E-state index is 12.1. The number of amides is 2. The molecular weight excluding hydrogens is 477 g/mol. The van der Waals surface area contributed by atoms with Crippen LogP contribution in [0.5, 0.6) is 5.75 Å². The van der Waals surface area contributed by atoms with Gasteiger partial charge >= 0.3 is 18.1 Å². The number of halogens is 3. The molecular formula is C18H23F3N2O7S2. The molecule has 0 spiro atoms. The van der Waals surface area contributed by atoms with Crippen molar-refractivity contribution in [3.8, 4) is 5.75 Å². The van der Waals surface area contributed by atoms with Crippen LogP contribution >= 0.6 is 21.6 Å². The lowest BCUT2D eigenvalue weighted by atomic mass is 10.2. The number of alkyl halides is 3. The summed E-state index contributed by atoms with van der Waals surface area (Å²) in [7, 11) is 2.96. The highest BCUT2D eigenvalue weighted by Crippen LogP contribution is 2.21. The van der Waals surface area contributed by atoms with Crippen LogP contribution in [-0.4, -0.2) is 71.3 Å². The molecule has 4 N–H and O–H groups in total. The lowest BCUT2D eigenvalue weighted by Crippen LogP contribution is -2.37. The van der Waals surface area contributed by atoms with E-state index < -0.39 is 18.1 Å². The Morgan fingerprint density at radius 1 is 1.03 bits per heavy atom. The van der Waals surface area contributed by atoms with Crippen molar-refractivity contribution in [1.82, 2.24) is 10.6 Å². The summed E-state index contributed by atoms with van der Waals surface area (Å²) in [6.45, 7) is 2.62. The summed E-state index contributed by atoms with van der Waals surface area (Å²) >= 11 is 0. The molecule has 9 nitrogen and oxygen atoms in total. The van der Waals surface area contributed by atoms with Crippen molar-refractivity contribution in [2.24, 2.45) is 0 Å². The second-order valence-electron chi connectivity index (χ2n) is 5.55. The number of carboxylic acid groups (broad SMARTS) is 2. The molecule has 0 aromatic heterocycles. The minimum absolute atomic E-state index is 0.115. The van der Waals surface area contributed by atoms with Gasteiger partial charge in [0, 0.05) is 18.1 Å². The molecule has 0 fully saturated rings. The van der Waals surface area contributed by atoms with Crippen LogP contribution in [-0.2, 0) is 14.4 Å². The first-order valence-corrected chi connectivity index (χ1v) is 11.5. The third kappa shape index (κ3) is 14.4. The van der Waals surface area contributed by atoms with Crippen molar-refractivity contribution in [1.29, 1.82) is 0 Å². The van der Waals surface area contributed by atoms with Crippen LogP contribution in [0.15, 0.2) is 24.3 Å². The molecule has 0 aliphatic carbocycles. The predicted octanol–water partition coefficient (Wildman–Crippen LogP) is 2.42. The Bertz CT molecular complexity index is 764. The maximum absolute atomic E-state index is 12.1. The molecule has 0 saturated heterocycles. The standard InChI is InChI=1S/C16H22N2O5S2.C2HF3O2/c1-2-23-13-6-4-3-5-12(13)16(22)18-11-14(19)17-8-10-25-24-9-7-15(20)21;3-2(4,5)1(6)7/h3-6H,2,7-11H2,1H3,(H,17,19)(H,18,22)(H,20,21);(H,6,7). The number of carboxylic acids is 2. The lowest BCUT2D eigenvalue weighted by Gasteiger charge is -2.10. The minimum atomic E-state index is -5.08. The Morgan fingerprint density at radius 3 is 2.19 bits per heavy atom. The Balaban J connectivity index is 0.00000118. The summed E-state index contributed by atoms with van der Waals surface area (Å²) in [6.07, 6.45) is -4.96. The minimum Gasteiger partial charge on any atom is -0.493 e. The number of hydrogen-bond donors (Lipinski definition) is 4. The van der Waals surface area contributed by atoms with Gasteiger partial charge in [-0.3, -0.25) is 14.4 Å². The lowest BCUT2D eigenvalue weighted by molar-refractivity contribution is -0.192. The van der Waals surface area contributed by atoms with Gasteiger partial charge in [0.05, 0.1) is 25.1 Å². The van der Waals surface area contributed by atoms with Gasteiger partial charge in [0.25, 0.3) is 5.91 Å². The second kappa shape index (κ2) is 16.1. The molecule has 1 rings (SSSR count). The fourth-order valence-electron chi connectivity index (χ4n) is 1.73. The van der Waals surface area contributed by atoms with Gasteiger partial charge in [0.1, 0.15) is 5.75 Å². The SMILES string of the molecule is CCOc1ccccc1C(=O)NCC(=O)NCCSSCCC(=O)O.O=C(O)C(F)(F)F. The van der Waals surface area contributed by atoms with Gasteiger partial charge in [0.2, 0.25) is 5.91 Å². The van der Waals surface area contributed by atoms with E-state index in [1.807, 2.05) is 6.92 Å². The number of hydrogen-bond acceptors (Lipinski definition) is 7. The zero-order valence-electron chi connectivity index (χ0n) is 16.9. The van der Waals surface area contributed by atoms with E-state index in [4.69, 9.17) is 19.7 Å². The fraction of sp³-hybridized carbons (Fsp3) is 0.444. The van der Waals surface area contributed by atoms with Crippen LogP contribution in [0.2, 0.25) is 0 Å². The van der Waals surface area contributed by atoms with E-state index in [1.165, 1.54) is 21.6 Å². The summed E-state index contributed by atoms with van der Waals surface area (Å²) < 4.78 is 37.1. The number of aliphatic carboxylic acids is 2. The van der Waals surface area contributed by atoms with E-state index in [0.717, 1.165) is 0 Å². The molecule has 0 aliphatic heterocycles. The maximum Gasteiger partial charge on any atom is 0.490 e. The van der Waals surface area contributed by atoms with Crippen LogP contribution in [0.3, 0.4) is 0 Å². The molecule has 0 heterocycles. The topological polar surface area (TPSA) is 142 Å². The van der Waals surface area contributed by atoms with Crippen LogP contribution in [0.4, 0.5) is 13.2 Å². The highest BCUT2D eigenvalue weighted by molar-refractivity contribution is 8.76. The first-order chi connectivity index (χ1) is 15.0. The summed E-state index contributed by atoms with van der Waals surface area (Å²) in [5, 5.41) is 20.9. The molecule has 0 aliphatic rings. The van der Waals surface area contributed by atoms with Gasteiger partial charge in [-0.05, 0) is 19.1 Å². The molecule has 2 amide bonds. The monoisotopic (exact) mass is 500 g/mol. The quantitative estimate of drug-likeness (QED) is 0.251. The summed E-state index contributed by atoms with van der Waals surface area (Å²) in [5.74, 6) is -2.54. The van der Waals surface area contributed by atoms with Gasteiger partial charge in [-0.1, -0.05) is 33.7 Å². The van der Waals surface area contributed by atoms with Gasteiger partial charge in [-0.2, -0.15) is 13.2 Å². The molecule has 0 bridgehead atoms. The van der Waals surface area contributed by atoms with Crippen molar-refractivity contribution in [2.75, 3.05) is 31.2 Å². The van der Waals surface area contributed by atoms with E-state index in [2.05, 4.69) is 10.6 Å². The van der Waals surface area contributed by atoms with Crippen LogP contribution in [0.25, 0.3) is 0 Å². The van der Waals surface area contributed by atoms with E-state index in [-0.39, 0.29) is 24.8 Å². The third-order valence-corrected chi connectivity index (χ3v) is 5.48. The van der Waals surface area contributed by atoms with Gasteiger partial charge in [-0.15, -0.1) is 0 Å². The number of ether oxygens (including phenoxy) is 1. The molecule has 14 heteroatoms. The average molecular weight is 501 g/mol. The Kier molecular flexibility index (Phi) is 14.8. The zero-order chi connectivity index (χ0) is 24.6. The van der Waals surface area contributed by atoms with E-state index >= 15 is 0 Å². The molecule has 0 unspecified atom stereocenters. The second-order valence-corrected chi connectivity index (χ2v) is 8.25. The first kappa shape index (κ1) is 29.4. The summed E-state index contributed by atoms with van der Waals surface area (Å²) in [4.78, 5) is 43.1. The van der Waals surface area contributed by atoms with Crippen LogP contribution in [0.1, 0.15) is 23.7 Å². The number of nitrogens with one attached hydrogen (secondary N) is 2.